The van der Waals surface area contributed by atoms with Gasteiger partial charge in [-0.05, 0) is 42.3 Å². The fourth-order valence-electron chi connectivity index (χ4n) is 4.27. The third kappa shape index (κ3) is 3.26. The number of carbonyl (C=O) groups excluding carboxylic acids is 1. The van der Waals surface area contributed by atoms with E-state index in [4.69, 9.17) is 4.74 Å². The maximum atomic E-state index is 13.0. The first-order valence-corrected chi connectivity index (χ1v) is 10.6. The molecule has 0 spiro atoms. The van der Waals surface area contributed by atoms with Crippen molar-refractivity contribution >= 4 is 22.4 Å². The second-order valence-corrected chi connectivity index (χ2v) is 7.52. The fourth-order valence-corrected chi connectivity index (χ4v) is 4.27. The Morgan fingerprint density at radius 3 is 2.06 bits per heavy atom. The largest absolute Gasteiger partial charge is 0.462 e. The molecule has 0 saturated carbocycles. The normalized spacial score (nSPS) is 11.0. The second kappa shape index (κ2) is 8.16. The van der Waals surface area contributed by atoms with Crippen LogP contribution in [0.25, 0.3) is 38.7 Å². The zero-order valence-corrected chi connectivity index (χ0v) is 17.6. The lowest BCUT2D eigenvalue weighted by Gasteiger charge is -2.19. The molecular formula is C28H21NO3. The van der Waals surface area contributed by atoms with E-state index in [1.807, 2.05) is 66.7 Å². The smallest absolute Gasteiger partial charge is 0.338 e. The predicted octanol–water partition coefficient (Wildman–Crippen LogP) is 5.96. The molecular weight excluding hydrogens is 398 g/mol. The molecule has 0 saturated heterocycles. The molecule has 4 heteroatoms. The van der Waals surface area contributed by atoms with Gasteiger partial charge in [-0.1, -0.05) is 66.7 Å². The Kier molecular flexibility index (Phi) is 5.04. The summed E-state index contributed by atoms with van der Waals surface area (Å²) in [5.41, 5.74) is 5.84. The Labute approximate surface area is 185 Å². The van der Waals surface area contributed by atoms with E-state index in [1.165, 1.54) is 0 Å². The van der Waals surface area contributed by atoms with Gasteiger partial charge in [0.25, 0.3) is 5.56 Å². The highest BCUT2D eigenvalue weighted by molar-refractivity contribution is 6.10. The molecule has 0 N–H and O–H groups in total. The van der Waals surface area contributed by atoms with Crippen molar-refractivity contribution in [1.29, 1.82) is 0 Å². The van der Waals surface area contributed by atoms with E-state index in [2.05, 4.69) is 12.1 Å². The average molecular weight is 419 g/mol. The molecule has 0 aliphatic rings. The molecule has 0 aliphatic carbocycles. The number of fused-ring (bicyclic) bond motifs is 3. The van der Waals surface area contributed by atoms with Crippen LogP contribution in [-0.4, -0.2) is 17.0 Å². The van der Waals surface area contributed by atoms with E-state index >= 15 is 0 Å². The van der Waals surface area contributed by atoms with Crippen LogP contribution in [-0.2, 0) is 4.74 Å². The highest BCUT2D eigenvalue weighted by Gasteiger charge is 2.19. The van der Waals surface area contributed by atoms with Crippen molar-refractivity contribution in [2.75, 3.05) is 6.61 Å². The van der Waals surface area contributed by atoms with Crippen LogP contribution in [0.2, 0.25) is 0 Å². The Morgan fingerprint density at radius 1 is 0.750 bits per heavy atom. The van der Waals surface area contributed by atoms with Gasteiger partial charge in [0.05, 0.1) is 23.2 Å². The lowest BCUT2D eigenvalue weighted by Crippen LogP contribution is -2.14. The van der Waals surface area contributed by atoms with E-state index in [0.717, 1.165) is 38.7 Å². The van der Waals surface area contributed by atoms with Crippen LogP contribution < -0.4 is 5.56 Å². The van der Waals surface area contributed by atoms with Crippen molar-refractivity contribution in [2.45, 2.75) is 6.92 Å². The Balaban J connectivity index is 2.02. The standard InChI is InChI=1S/C28H21NO3/c1-2-32-28(31)21-16-17-23-22(18-21)26(19-10-5-3-6-11-19)27(20-12-7-4-8-13-20)24-14-9-15-25(30)29(23)24/h3-18H,2H2,1H3. The first kappa shape index (κ1) is 19.8. The molecule has 0 atom stereocenters. The number of ether oxygens (including phenoxy) is 1. The number of hydrogen-bond donors (Lipinski definition) is 0. The zero-order chi connectivity index (χ0) is 22.1. The van der Waals surface area contributed by atoms with Crippen LogP contribution in [0.3, 0.4) is 0 Å². The Bertz CT molecular complexity index is 1500. The van der Waals surface area contributed by atoms with Crippen molar-refractivity contribution in [3.8, 4) is 22.3 Å². The maximum absolute atomic E-state index is 13.0. The highest BCUT2D eigenvalue weighted by atomic mass is 16.5. The van der Waals surface area contributed by atoms with E-state index in [1.54, 1.807) is 29.5 Å². The number of aromatic nitrogens is 1. The van der Waals surface area contributed by atoms with Crippen LogP contribution in [0.4, 0.5) is 0 Å². The molecule has 5 aromatic rings. The topological polar surface area (TPSA) is 47.8 Å². The number of benzene rings is 3. The molecule has 0 fully saturated rings. The molecule has 0 aliphatic heterocycles. The van der Waals surface area contributed by atoms with Gasteiger partial charge in [-0.15, -0.1) is 0 Å². The van der Waals surface area contributed by atoms with E-state index < -0.39 is 0 Å². The van der Waals surface area contributed by atoms with Crippen LogP contribution in [0.1, 0.15) is 17.3 Å². The van der Waals surface area contributed by atoms with Crippen LogP contribution in [0, 0.1) is 0 Å². The SMILES string of the molecule is CCOC(=O)c1ccc2c(c1)c(-c1ccccc1)c(-c1ccccc1)c1cccc(=O)n12. The third-order valence-electron chi connectivity index (χ3n) is 5.60. The fraction of sp³-hybridized carbons (Fsp3) is 0.0714. The summed E-state index contributed by atoms with van der Waals surface area (Å²) in [5, 5.41) is 0.821. The van der Waals surface area contributed by atoms with Gasteiger partial charge in [-0.25, -0.2) is 4.79 Å². The Hall–Kier alpha value is -4.18. The number of nitrogens with zero attached hydrogens (tertiary/aromatic N) is 1. The minimum absolute atomic E-state index is 0.117. The molecule has 5 rings (SSSR count). The first-order valence-electron chi connectivity index (χ1n) is 10.6. The minimum atomic E-state index is -0.379. The summed E-state index contributed by atoms with van der Waals surface area (Å²) in [6.45, 7) is 2.09. The lowest BCUT2D eigenvalue weighted by molar-refractivity contribution is 0.0526. The minimum Gasteiger partial charge on any atom is -0.462 e. The maximum Gasteiger partial charge on any atom is 0.338 e. The van der Waals surface area contributed by atoms with Crippen molar-refractivity contribution in [1.82, 2.24) is 4.40 Å². The van der Waals surface area contributed by atoms with Gasteiger partial charge in [0, 0.05) is 22.6 Å². The molecule has 32 heavy (non-hydrogen) atoms. The average Bonchev–Trinajstić information content (AvgIpc) is 2.84. The number of hydrogen-bond acceptors (Lipinski definition) is 3. The van der Waals surface area contributed by atoms with E-state index in [-0.39, 0.29) is 11.5 Å². The summed E-state index contributed by atoms with van der Waals surface area (Å²) in [7, 11) is 0. The molecule has 3 aromatic carbocycles. The number of pyridine rings is 2. The van der Waals surface area contributed by atoms with E-state index in [0.29, 0.717) is 12.2 Å². The summed E-state index contributed by atoms with van der Waals surface area (Å²) < 4.78 is 6.96. The van der Waals surface area contributed by atoms with Gasteiger partial charge in [0.15, 0.2) is 0 Å². The number of esters is 1. The van der Waals surface area contributed by atoms with Gasteiger partial charge in [-0.2, -0.15) is 0 Å². The van der Waals surface area contributed by atoms with E-state index in [9.17, 15) is 9.59 Å². The van der Waals surface area contributed by atoms with Crippen molar-refractivity contribution < 1.29 is 9.53 Å². The van der Waals surface area contributed by atoms with Gasteiger partial charge in [-0.3, -0.25) is 9.20 Å². The zero-order valence-electron chi connectivity index (χ0n) is 17.6. The molecule has 0 amide bonds. The summed E-state index contributed by atoms with van der Waals surface area (Å²) in [6, 6.07) is 30.8. The molecule has 2 aromatic heterocycles. The third-order valence-corrected chi connectivity index (χ3v) is 5.60. The monoisotopic (exact) mass is 419 g/mol. The van der Waals surface area contributed by atoms with Gasteiger partial charge in [0.1, 0.15) is 0 Å². The van der Waals surface area contributed by atoms with Crippen molar-refractivity contribution in [3.63, 3.8) is 0 Å². The molecule has 4 nitrogen and oxygen atoms in total. The van der Waals surface area contributed by atoms with Gasteiger partial charge < -0.3 is 4.74 Å². The van der Waals surface area contributed by atoms with Crippen LogP contribution >= 0.6 is 0 Å². The lowest BCUT2D eigenvalue weighted by atomic mass is 9.90. The molecule has 0 unspecified atom stereocenters. The van der Waals surface area contributed by atoms with Gasteiger partial charge in [0.2, 0.25) is 0 Å². The summed E-state index contributed by atoms with van der Waals surface area (Å²) >= 11 is 0. The molecule has 0 bridgehead atoms. The second-order valence-electron chi connectivity index (χ2n) is 7.52. The molecule has 2 heterocycles. The van der Waals surface area contributed by atoms with Crippen LogP contribution in [0.15, 0.2) is 102 Å². The summed E-state index contributed by atoms with van der Waals surface area (Å²) in [5.74, 6) is -0.379. The summed E-state index contributed by atoms with van der Waals surface area (Å²) in [6.07, 6.45) is 0. The quantitative estimate of drug-likeness (QED) is 0.267. The molecule has 0 radical (unpaired) electrons. The van der Waals surface area contributed by atoms with Crippen LogP contribution in [0.5, 0.6) is 0 Å². The molecule has 156 valence electrons. The predicted molar refractivity (Wildman–Crippen MR) is 128 cm³/mol. The first-order chi connectivity index (χ1) is 15.7. The highest BCUT2D eigenvalue weighted by Crippen LogP contribution is 2.41. The Morgan fingerprint density at radius 2 is 1.41 bits per heavy atom. The van der Waals surface area contributed by atoms with Gasteiger partial charge >= 0.3 is 5.97 Å². The number of carbonyl (C=O) groups is 1. The van der Waals surface area contributed by atoms with Crippen molar-refractivity contribution in [3.05, 3.63) is 113 Å². The summed E-state index contributed by atoms with van der Waals surface area (Å²) in [4.78, 5) is 25.5. The van der Waals surface area contributed by atoms with Crippen molar-refractivity contribution in [2.24, 2.45) is 0 Å². The number of rotatable bonds is 4.